The van der Waals surface area contributed by atoms with Crippen LogP contribution in [0.15, 0.2) is 34.8 Å². The number of hydrogen-bond acceptors (Lipinski definition) is 2. The first-order valence-corrected chi connectivity index (χ1v) is 6.49. The van der Waals surface area contributed by atoms with Crippen molar-refractivity contribution in [3.05, 3.63) is 51.8 Å². The highest BCUT2D eigenvalue weighted by molar-refractivity contribution is 9.10. The second-order valence-corrected chi connectivity index (χ2v) is 5.01. The molecule has 2 rings (SSSR count). The molecule has 0 saturated carbocycles. The molecule has 0 aliphatic heterocycles. The molecule has 0 radical (unpaired) electrons. The standard InChI is InChI=1S/C13H16BrN3/c1-10-8-13(17-16-10)9-15-7-6-11-2-4-12(14)5-3-11/h2-5,8,15H,6-7,9H2,1H3,(H,16,17). The van der Waals surface area contributed by atoms with E-state index in [2.05, 4.69) is 61.8 Å². The summed E-state index contributed by atoms with van der Waals surface area (Å²) in [6.45, 7) is 3.80. The van der Waals surface area contributed by atoms with Crippen LogP contribution in [0.25, 0.3) is 0 Å². The van der Waals surface area contributed by atoms with Crippen LogP contribution in [0.4, 0.5) is 0 Å². The molecular weight excluding hydrogens is 278 g/mol. The Balaban J connectivity index is 1.71. The van der Waals surface area contributed by atoms with Crippen LogP contribution >= 0.6 is 15.9 Å². The minimum Gasteiger partial charge on any atom is -0.311 e. The van der Waals surface area contributed by atoms with Gasteiger partial charge in [0, 0.05) is 16.7 Å². The van der Waals surface area contributed by atoms with E-state index >= 15 is 0 Å². The quantitative estimate of drug-likeness (QED) is 0.833. The molecule has 0 amide bonds. The molecule has 4 heteroatoms. The fourth-order valence-corrected chi connectivity index (χ4v) is 1.93. The average Bonchev–Trinajstić information content (AvgIpc) is 2.73. The van der Waals surface area contributed by atoms with Crippen molar-refractivity contribution in [2.24, 2.45) is 0 Å². The smallest absolute Gasteiger partial charge is 0.0762 e. The van der Waals surface area contributed by atoms with Crippen LogP contribution in [0.3, 0.4) is 0 Å². The Morgan fingerprint density at radius 1 is 1.29 bits per heavy atom. The van der Waals surface area contributed by atoms with E-state index in [9.17, 15) is 0 Å². The first-order chi connectivity index (χ1) is 8.24. The Bertz CT molecular complexity index is 462. The van der Waals surface area contributed by atoms with Crippen molar-refractivity contribution < 1.29 is 0 Å². The Kier molecular flexibility index (Phi) is 4.34. The first kappa shape index (κ1) is 12.3. The molecule has 0 saturated heterocycles. The topological polar surface area (TPSA) is 40.7 Å². The lowest BCUT2D eigenvalue weighted by molar-refractivity contribution is 0.673. The van der Waals surface area contributed by atoms with Gasteiger partial charge in [-0.2, -0.15) is 5.10 Å². The normalized spacial score (nSPS) is 10.7. The molecule has 0 unspecified atom stereocenters. The molecule has 1 aromatic carbocycles. The lowest BCUT2D eigenvalue weighted by Crippen LogP contribution is -2.16. The lowest BCUT2D eigenvalue weighted by atomic mass is 10.1. The maximum absolute atomic E-state index is 4.18. The molecule has 0 fully saturated rings. The zero-order chi connectivity index (χ0) is 12.1. The summed E-state index contributed by atoms with van der Waals surface area (Å²) in [6, 6.07) is 10.5. The number of aromatic nitrogens is 2. The molecule has 90 valence electrons. The highest BCUT2D eigenvalue weighted by Crippen LogP contribution is 2.10. The number of nitrogens with one attached hydrogen (secondary N) is 2. The summed E-state index contributed by atoms with van der Waals surface area (Å²) >= 11 is 3.43. The highest BCUT2D eigenvalue weighted by Gasteiger charge is 1.97. The molecule has 2 N–H and O–H groups in total. The molecule has 2 aromatic rings. The van der Waals surface area contributed by atoms with Crippen LogP contribution in [0.5, 0.6) is 0 Å². The fourth-order valence-electron chi connectivity index (χ4n) is 1.67. The Morgan fingerprint density at radius 2 is 2.06 bits per heavy atom. The highest BCUT2D eigenvalue weighted by atomic mass is 79.9. The molecule has 17 heavy (non-hydrogen) atoms. The average molecular weight is 294 g/mol. The maximum Gasteiger partial charge on any atom is 0.0762 e. The van der Waals surface area contributed by atoms with Crippen LogP contribution < -0.4 is 5.32 Å². The van der Waals surface area contributed by atoms with Crippen LogP contribution in [0.1, 0.15) is 17.0 Å². The van der Waals surface area contributed by atoms with Gasteiger partial charge in [-0.15, -0.1) is 0 Å². The number of aromatic amines is 1. The maximum atomic E-state index is 4.18. The van der Waals surface area contributed by atoms with Gasteiger partial charge in [0.1, 0.15) is 0 Å². The van der Waals surface area contributed by atoms with Gasteiger partial charge in [0.2, 0.25) is 0 Å². The number of aryl methyl sites for hydroxylation is 1. The van der Waals surface area contributed by atoms with Gasteiger partial charge in [0.25, 0.3) is 0 Å². The molecule has 0 atom stereocenters. The minimum absolute atomic E-state index is 0.820. The fraction of sp³-hybridized carbons (Fsp3) is 0.308. The molecule has 3 nitrogen and oxygen atoms in total. The second kappa shape index (κ2) is 5.98. The van der Waals surface area contributed by atoms with E-state index in [1.54, 1.807) is 0 Å². The van der Waals surface area contributed by atoms with Gasteiger partial charge in [-0.05, 0) is 43.7 Å². The molecule has 0 bridgehead atoms. The number of halogens is 1. The van der Waals surface area contributed by atoms with Crippen molar-refractivity contribution in [2.45, 2.75) is 19.9 Å². The van der Waals surface area contributed by atoms with E-state index in [-0.39, 0.29) is 0 Å². The van der Waals surface area contributed by atoms with Gasteiger partial charge in [-0.1, -0.05) is 28.1 Å². The Morgan fingerprint density at radius 3 is 2.71 bits per heavy atom. The molecule has 0 aliphatic carbocycles. The predicted octanol–water partition coefficient (Wildman–Crippen LogP) is 2.81. The number of hydrogen-bond donors (Lipinski definition) is 2. The van der Waals surface area contributed by atoms with Crippen molar-refractivity contribution in [1.29, 1.82) is 0 Å². The summed E-state index contributed by atoms with van der Waals surface area (Å²) in [6.07, 6.45) is 1.04. The minimum atomic E-state index is 0.820. The monoisotopic (exact) mass is 293 g/mol. The van der Waals surface area contributed by atoms with E-state index in [0.717, 1.165) is 35.4 Å². The largest absolute Gasteiger partial charge is 0.311 e. The number of benzene rings is 1. The molecule has 0 aliphatic rings. The van der Waals surface area contributed by atoms with Crippen LogP contribution in [-0.4, -0.2) is 16.7 Å². The third-order valence-corrected chi connectivity index (χ3v) is 3.10. The molecular formula is C13H16BrN3. The van der Waals surface area contributed by atoms with Gasteiger partial charge < -0.3 is 5.32 Å². The number of rotatable bonds is 5. The summed E-state index contributed by atoms with van der Waals surface area (Å²) in [4.78, 5) is 0. The Labute approximate surface area is 110 Å². The van der Waals surface area contributed by atoms with Crippen LogP contribution in [0.2, 0.25) is 0 Å². The van der Waals surface area contributed by atoms with E-state index in [1.807, 2.05) is 6.92 Å². The second-order valence-electron chi connectivity index (χ2n) is 4.10. The van der Waals surface area contributed by atoms with Crippen molar-refractivity contribution in [1.82, 2.24) is 15.5 Å². The van der Waals surface area contributed by atoms with E-state index in [1.165, 1.54) is 5.56 Å². The summed E-state index contributed by atoms with van der Waals surface area (Å²) in [5.41, 5.74) is 3.52. The van der Waals surface area contributed by atoms with Gasteiger partial charge in [-0.3, -0.25) is 5.10 Å². The van der Waals surface area contributed by atoms with Gasteiger partial charge >= 0.3 is 0 Å². The predicted molar refractivity (Wildman–Crippen MR) is 72.9 cm³/mol. The van der Waals surface area contributed by atoms with E-state index in [0.29, 0.717) is 0 Å². The van der Waals surface area contributed by atoms with Crippen molar-refractivity contribution >= 4 is 15.9 Å². The summed E-state index contributed by atoms with van der Waals surface area (Å²) < 4.78 is 1.13. The summed E-state index contributed by atoms with van der Waals surface area (Å²) in [5.74, 6) is 0. The van der Waals surface area contributed by atoms with Crippen molar-refractivity contribution in [3.63, 3.8) is 0 Å². The third kappa shape index (κ3) is 3.98. The van der Waals surface area contributed by atoms with Gasteiger partial charge in [0.05, 0.1) is 5.69 Å². The molecule has 0 spiro atoms. The number of nitrogens with zero attached hydrogens (tertiary/aromatic N) is 1. The molecule has 1 heterocycles. The van der Waals surface area contributed by atoms with E-state index in [4.69, 9.17) is 0 Å². The lowest BCUT2D eigenvalue weighted by Gasteiger charge is -2.03. The third-order valence-electron chi connectivity index (χ3n) is 2.57. The Hall–Kier alpha value is -1.13. The van der Waals surface area contributed by atoms with Gasteiger partial charge in [-0.25, -0.2) is 0 Å². The zero-order valence-electron chi connectivity index (χ0n) is 9.83. The zero-order valence-corrected chi connectivity index (χ0v) is 11.4. The van der Waals surface area contributed by atoms with Crippen molar-refractivity contribution in [2.75, 3.05) is 6.54 Å². The SMILES string of the molecule is Cc1cc(CNCCc2ccc(Br)cc2)n[nH]1. The van der Waals surface area contributed by atoms with Crippen molar-refractivity contribution in [3.8, 4) is 0 Å². The van der Waals surface area contributed by atoms with E-state index < -0.39 is 0 Å². The summed E-state index contributed by atoms with van der Waals surface area (Å²) in [5, 5.41) is 10.5. The number of H-pyrrole nitrogens is 1. The first-order valence-electron chi connectivity index (χ1n) is 5.70. The van der Waals surface area contributed by atoms with Gasteiger partial charge in [0.15, 0.2) is 0 Å². The summed E-state index contributed by atoms with van der Waals surface area (Å²) in [7, 11) is 0. The molecule has 1 aromatic heterocycles. The van der Waals surface area contributed by atoms with Crippen LogP contribution in [-0.2, 0) is 13.0 Å². The van der Waals surface area contributed by atoms with Crippen LogP contribution in [0, 0.1) is 6.92 Å².